The summed E-state index contributed by atoms with van der Waals surface area (Å²) in [5, 5.41) is 0. The molecule has 1 aliphatic carbocycles. The van der Waals surface area contributed by atoms with E-state index in [0.29, 0.717) is 12.1 Å². The lowest BCUT2D eigenvalue weighted by atomic mass is 9.98. The van der Waals surface area contributed by atoms with Crippen molar-refractivity contribution in [2.75, 3.05) is 0 Å². The summed E-state index contributed by atoms with van der Waals surface area (Å²) < 4.78 is 5.63. The fourth-order valence-corrected chi connectivity index (χ4v) is 1.68. The molecule has 0 saturated heterocycles. The number of hydrogen-bond donors (Lipinski definition) is 0. The quantitative estimate of drug-likeness (QED) is 0.696. The monoisotopic (exact) mass is 178 g/mol. The maximum Gasteiger partial charge on any atom is 0.316 e. The van der Waals surface area contributed by atoms with Crippen LogP contribution in [0.5, 0.6) is 6.01 Å². The Morgan fingerprint density at radius 2 is 1.77 bits per heavy atom. The molecular weight excluding hydrogens is 164 g/mol. The SMILES string of the molecule is c1cnc(OC2CCCCC2)nc1. The van der Waals surface area contributed by atoms with Crippen LogP contribution in [0.3, 0.4) is 0 Å². The van der Waals surface area contributed by atoms with Gasteiger partial charge in [0.05, 0.1) is 0 Å². The lowest BCUT2D eigenvalue weighted by Gasteiger charge is -2.21. The van der Waals surface area contributed by atoms with Gasteiger partial charge in [-0.25, -0.2) is 9.97 Å². The summed E-state index contributed by atoms with van der Waals surface area (Å²) in [7, 11) is 0. The van der Waals surface area contributed by atoms with Crippen molar-refractivity contribution in [1.29, 1.82) is 0 Å². The molecule has 0 unspecified atom stereocenters. The molecule has 1 heterocycles. The van der Waals surface area contributed by atoms with Crippen LogP contribution >= 0.6 is 0 Å². The summed E-state index contributed by atoms with van der Waals surface area (Å²) in [5.41, 5.74) is 0. The van der Waals surface area contributed by atoms with Gasteiger partial charge in [-0.05, 0) is 31.7 Å². The van der Waals surface area contributed by atoms with Crippen molar-refractivity contribution in [1.82, 2.24) is 9.97 Å². The summed E-state index contributed by atoms with van der Waals surface area (Å²) in [6.07, 6.45) is 9.97. The summed E-state index contributed by atoms with van der Waals surface area (Å²) >= 11 is 0. The topological polar surface area (TPSA) is 35.0 Å². The molecule has 0 radical (unpaired) electrons. The molecule has 1 aliphatic rings. The Balaban J connectivity index is 1.90. The zero-order valence-electron chi connectivity index (χ0n) is 7.65. The van der Waals surface area contributed by atoms with E-state index in [-0.39, 0.29) is 0 Å². The fourth-order valence-electron chi connectivity index (χ4n) is 1.68. The Morgan fingerprint density at radius 1 is 1.08 bits per heavy atom. The molecule has 0 spiro atoms. The summed E-state index contributed by atoms with van der Waals surface area (Å²) in [6, 6.07) is 2.32. The van der Waals surface area contributed by atoms with Crippen LogP contribution in [-0.2, 0) is 0 Å². The van der Waals surface area contributed by atoms with Gasteiger partial charge in [0.1, 0.15) is 6.10 Å². The molecule has 0 aliphatic heterocycles. The molecule has 0 amide bonds. The second-order valence-electron chi connectivity index (χ2n) is 3.41. The maximum atomic E-state index is 5.63. The molecule has 2 rings (SSSR count). The standard InChI is InChI=1S/C10H14N2O/c1-2-5-9(6-3-1)13-10-11-7-4-8-12-10/h4,7-9H,1-3,5-6H2. The van der Waals surface area contributed by atoms with Crippen molar-refractivity contribution < 1.29 is 4.74 Å². The minimum atomic E-state index is 0.344. The molecule has 1 fully saturated rings. The van der Waals surface area contributed by atoms with E-state index < -0.39 is 0 Å². The van der Waals surface area contributed by atoms with Crippen LogP contribution in [0.25, 0.3) is 0 Å². The van der Waals surface area contributed by atoms with Crippen molar-refractivity contribution in [3.05, 3.63) is 18.5 Å². The Morgan fingerprint density at radius 3 is 2.46 bits per heavy atom. The molecular formula is C10H14N2O. The molecule has 1 aromatic rings. The molecule has 0 bridgehead atoms. The Labute approximate surface area is 78.2 Å². The van der Waals surface area contributed by atoms with Crippen molar-refractivity contribution in [2.45, 2.75) is 38.2 Å². The first-order chi connectivity index (χ1) is 6.45. The van der Waals surface area contributed by atoms with Gasteiger partial charge in [0, 0.05) is 12.4 Å². The zero-order chi connectivity index (χ0) is 8.93. The largest absolute Gasteiger partial charge is 0.460 e. The van der Waals surface area contributed by atoms with Gasteiger partial charge in [-0.3, -0.25) is 0 Å². The highest BCUT2D eigenvalue weighted by Crippen LogP contribution is 2.20. The highest BCUT2D eigenvalue weighted by atomic mass is 16.5. The second-order valence-corrected chi connectivity index (χ2v) is 3.41. The number of nitrogens with zero attached hydrogens (tertiary/aromatic N) is 2. The molecule has 1 aromatic heterocycles. The average Bonchev–Trinajstić information content (AvgIpc) is 2.21. The first kappa shape index (κ1) is 8.48. The van der Waals surface area contributed by atoms with E-state index in [1.807, 2.05) is 0 Å². The van der Waals surface area contributed by atoms with E-state index >= 15 is 0 Å². The van der Waals surface area contributed by atoms with Gasteiger partial charge >= 0.3 is 6.01 Å². The first-order valence-corrected chi connectivity index (χ1v) is 4.89. The Kier molecular flexibility index (Phi) is 2.75. The lowest BCUT2D eigenvalue weighted by molar-refractivity contribution is 0.142. The van der Waals surface area contributed by atoms with Crippen LogP contribution in [-0.4, -0.2) is 16.1 Å². The molecule has 0 atom stereocenters. The van der Waals surface area contributed by atoms with E-state index in [2.05, 4.69) is 9.97 Å². The van der Waals surface area contributed by atoms with Gasteiger partial charge in [0.25, 0.3) is 0 Å². The molecule has 70 valence electrons. The third kappa shape index (κ3) is 2.41. The zero-order valence-corrected chi connectivity index (χ0v) is 7.65. The molecule has 13 heavy (non-hydrogen) atoms. The molecule has 1 saturated carbocycles. The van der Waals surface area contributed by atoms with Crippen LogP contribution in [0, 0.1) is 0 Å². The Hall–Kier alpha value is -1.12. The fraction of sp³-hybridized carbons (Fsp3) is 0.600. The first-order valence-electron chi connectivity index (χ1n) is 4.89. The molecule has 3 heteroatoms. The van der Waals surface area contributed by atoms with Crippen LogP contribution in [0.1, 0.15) is 32.1 Å². The summed E-state index contributed by atoms with van der Waals surface area (Å²) in [6.45, 7) is 0. The van der Waals surface area contributed by atoms with Crippen molar-refractivity contribution in [3.63, 3.8) is 0 Å². The van der Waals surface area contributed by atoms with Gasteiger partial charge in [-0.1, -0.05) is 6.42 Å². The highest BCUT2D eigenvalue weighted by molar-refractivity contribution is 4.94. The summed E-state index contributed by atoms with van der Waals surface area (Å²) in [4.78, 5) is 8.08. The second kappa shape index (κ2) is 4.21. The normalized spacial score (nSPS) is 18.5. The van der Waals surface area contributed by atoms with Crippen LogP contribution in [0.4, 0.5) is 0 Å². The lowest BCUT2D eigenvalue weighted by Crippen LogP contribution is -2.20. The van der Waals surface area contributed by atoms with E-state index in [1.54, 1.807) is 18.5 Å². The van der Waals surface area contributed by atoms with E-state index in [0.717, 1.165) is 12.8 Å². The van der Waals surface area contributed by atoms with Crippen molar-refractivity contribution in [3.8, 4) is 6.01 Å². The predicted octanol–water partition coefficient (Wildman–Crippen LogP) is 2.19. The number of rotatable bonds is 2. The van der Waals surface area contributed by atoms with Gasteiger partial charge in [-0.2, -0.15) is 0 Å². The van der Waals surface area contributed by atoms with Crippen molar-refractivity contribution >= 4 is 0 Å². The van der Waals surface area contributed by atoms with Crippen LogP contribution < -0.4 is 4.74 Å². The number of aromatic nitrogens is 2. The van der Waals surface area contributed by atoms with E-state index in [9.17, 15) is 0 Å². The highest BCUT2D eigenvalue weighted by Gasteiger charge is 2.15. The predicted molar refractivity (Wildman–Crippen MR) is 49.5 cm³/mol. The maximum absolute atomic E-state index is 5.63. The minimum Gasteiger partial charge on any atom is -0.460 e. The summed E-state index contributed by atoms with van der Waals surface area (Å²) in [5.74, 6) is 0. The van der Waals surface area contributed by atoms with Gasteiger partial charge < -0.3 is 4.74 Å². The Bertz CT molecular complexity index is 244. The van der Waals surface area contributed by atoms with E-state index in [4.69, 9.17) is 4.74 Å². The minimum absolute atomic E-state index is 0.344. The molecule has 0 aromatic carbocycles. The third-order valence-corrected chi connectivity index (χ3v) is 2.37. The smallest absolute Gasteiger partial charge is 0.316 e. The number of ether oxygens (including phenoxy) is 1. The third-order valence-electron chi connectivity index (χ3n) is 2.37. The van der Waals surface area contributed by atoms with Gasteiger partial charge in [0.15, 0.2) is 0 Å². The molecule has 0 N–H and O–H groups in total. The van der Waals surface area contributed by atoms with Gasteiger partial charge in [-0.15, -0.1) is 0 Å². The average molecular weight is 178 g/mol. The van der Waals surface area contributed by atoms with Crippen molar-refractivity contribution in [2.24, 2.45) is 0 Å². The number of hydrogen-bond acceptors (Lipinski definition) is 3. The van der Waals surface area contributed by atoms with Crippen LogP contribution in [0.2, 0.25) is 0 Å². The van der Waals surface area contributed by atoms with Gasteiger partial charge in [0.2, 0.25) is 0 Å². The van der Waals surface area contributed by atoms with E-state index in [1.165, 1.54) is 19.3 Å². The van der Waals surface area contributed by atoms with Crippen LogP contribution in [0.15, 0.2) is 18.5 Å². The molecule has 3 nitrogen and oxygen atoms in total.